The smallest absolute Gasteiger partial charge is 0.0320 e. The summed E-state index contributed by atoms with van der Waals surface area (Å²) in [6.07, 6.45) is 0. The third-order valence-corrected chi connectivity index (χ3v) is 7.10. The molecule has 0 aromatic heterocycles. The van der Waals surface area contributed by atoms with Crippen LogP contribution in [0.2, 0.25) is 0 Å². The average Bonchev–Trinajstić information content (AvgIpc) is 3.01. The molecule has 0 aliphatic carbocycles. The predicted molar refractivity (Wildman–Crippen MR) is 170 cm³/mol. The molecule has 2 heteroatoms. The maximum absolute atomic E-state index is 6.23. The van der Waals surface area contributed by atoms with E-state index in [0.717, 1.165) is 61.5 Å². The van der Waals surface area contributed by atoms with Crippen LogP contribution < -0.4 is 11.5 Å². The minimum absolute atomic E-state index is 0.737. The van der Waals surface area contributed by atoms with Crippen molar-refractivity contribution < 1.29 is 0 Å². The second-order valence-electron chi connectivity index (χ2n) is 9.90. The number of hydrogen-bond donors (Lipinski definition) is 2. The Labute approximate surface area is 235 Å². The zero-order valence-electron chi connectivity index (χ0n) is 22.2. The summed E-state index contributed by atoms with van der Waals surface area (Å²) in [7, 11) is 0. The molecular weight excluding hydrogens is 484 g/mol. The lowest BCUT2D eigenvalue weighted by atomic mass is 9.83. The molecule has 0 radical (unpaired) electrons. The molecule has 2 nitrogen and oxygen atoms in total. The molecule has 6 rings (SSSR count). The molecule has 40 heavy (non-hydrogen) atoms. The highest BCUT2D eigenvalue weighted by Gasteiger charge is 2.18. The summed E-state index contributed by atoms with van der Waals surface area (Å²) in [4.78, 5) is 0. The van der Waals surface area contributed by atoms with Crippen molar-refractivity contribution in [1.29, 1.82) is 0 Å². The normalized spacial score (nSPS) is 10.7. The SMILES string of the molecule is Nc1cccc(-c2cc(C(=C(c3ccccc3)c3ccccc3)c3ccccc3)cc(-c3cccc(N)c3)c2)c1. The number of rotatable bonds is 6. The van der Waals surface area contributed by atoms with Crippen LogP contribution in [0.3, 0.4) is 0 Å². The van der Waals surface area contributed by atoms with Crippen LogP contribution in [0.15, 0.2) is 158 Å². The minimum Gasteiger partial charge on any atom is -0.399 e. The number of benzene rings is 6. The first-order chi connectivity index (χ1) is 19.7. The van der Waals surface area contributed by atoms with Gasteiger partial charge >= 0.3 is 0 Å². The molecule has 0 unspecified atom stereocenters. The Morgan fingerprint density at radius 2 is 0.675 bits per heavy atom. The quantitative estimate of drug-likeness (QED) is 0.172. The average molecular weight is 515 g/mol. The summed E-state index contributed by atoms with van der Waals surface area (Å²) in [6, 6.07) is 54.8. The Morgan fingerprint density at radius 1 is 0.300 bits per heavy atom. The summed E-state index contributed by atoms with van der Waals surface area (Å²) in [6.45, 7) is 0. The maximum atomic E-state index is 6.23. The number of hydrogen-bond acceptors (Lipinski definition) is 2. The Bertz CT molecular complexity index is 1680. The lowest BCUT2D eigenvalue weighted by Gasteiger charge is -2.20. The van der Waals surface area contributed by atoms with Gasteiger partial charge in [-0.2, -0.15) is 0 Å². The molecule has 0 amide bonds. The van der Waals surface area contributed by atoms with Crippen molar-refractivity contribution in [3.63, 3.8) is 0 Å². The summed E-state index contributed by atoms with van der Waals surface area (Å²) >= 11 is 0. The van der Waals surface area contributed by atoms with Gasteiger partial charge < -0.3 is 11.5 Å². The van der Waals surface area contributed by atoms with Crippen LogP contribution in [-0.4, -0.2) is 0 Å². The molecule has 0 bridgehead atoms. The van der Waals surface area contributed by atoms with Crippen LogP contribution in [0.4, 0.5) is 11.4 Å². The van der Waals surface area contributed by atoms with E-state index < -0.39 is 0 Å². The predicted octanol–water partition coefficient (Wildman–Crippen LogP) is 9.19. The monoisotopic (exact) mass is 514 g/mol. The molecule has 0 aliphatic rings. The van der Waals surface area contributed by atoms with Crippen LogP contribution in [-0.2, 0) is 0 Å². The molecule has 0 saturated heterocycles. The van der Waals surface area contributed by atoms with Crippen LogP contribution in [0.5, 0.6) is 0 Å². The van der Waals surface area contributed by atoms with Gasteiger partial charge in [0.2, 0.25) is 0 Å². The van der Waals surface area contributed by atoms with E-state index in [1.165, 1.54) is 5.57 Å². The van der Waals surface area contributed by atoms with Crippen molar-refractivity contribution in [3.05, 3.63) is 180 Å². The fraction of sp³-hybridized carbons (Fsp3) is 0. The van der Waals surface area contributed by atoms with Crippen molar-refractivity contribution in [2.45, 2.75) is 0 Å². The van der Waals surface area contributed by atoms with Gasteiger partial charge in [-0.25, -0.2) is 0 Å². The molecule has 192 valence electrons. The van der Waals surface area contributed by atoms with Gasteiger partial charge in [-0.3, -0.25) is 0 Å². The summed E-state index contributed by atoms with van der Waals surface area (Å²) < 4.78 is 0. The van der Waals surface area contributed by atoms with Gasteiger partial charge in [0.15, 0.2) is 0 Å². The highest BCUT2D eigenvalue weighted by Crippen LogP contribution is 2.40. The molecule has 4 N–H and O–H groups in total. The fourth-order valence-corrected chi connectivity index (χ4v) is 5.27. The molecule has 0 fully saturated rings. The Kier molecular flexibility index (Phi) is 6.98. The molecular formula is C38H30N2. The Morgan fingerprint density at radius 3 is 1.05 bits per heavy atom. The molecule has 0 spiro atoms. The van der Waals surface area contributed by atoms with E-state index in [0.29, 0.717) is 0 Å². The van der Waals surface area contributed by atoms with Crippen LogP contribution >= 0.6 is 0 Å². The summed E-state index contributed by atoms with van der Waals surface area (Å²) in [5.41, 5.74) is 25.2. The second kappa shape index (κ2) is 11.2. The van der Waals surface area contributed by atoms with E-state index in [1.807, 2.05) is 36.4 Å². The first-order valence-electron chi connectivity index (χ1n) is 13.4. The topological polar surface area (TPSA) is 52.0 Å². The van der Waals surface area contributed by atoms with Gasteiger partial charge in [-0.1, -0.05) is 115 Å². The highest BCUT2D eigenvalue weighted by molar-refractivity contribution is 6.05. The first-order valence-corrected chi connectivity index (χ1v) is 13.4. The van der Waals surface area contributed by atoms with Crippen molar-refractivity contribution in [3.8, 4) is 22.3 Å². The minimum atomic E-state index is 0.737. The maximum Gasteiger partial charge on any atom is 0.0320 e. The van der Waals surface area contributed by atoms with Crippen LogP contribution in [0, 0.1) is 0 Å². The van der Waals surface area contributed by atoms with Gasteiger partial charge in [0.25, 0.3) is 0 Å². The molecule has 0 atom stereocenters. The van der Waals surface area contributed by atoms with E-state index in [1.54, 1.807) is 0 Å². The van der Waals surface area contributed by atoms with E-state index >= 15 is 0 Å². The van der Waals surface area contributed by atoms with E-state index in [2.05, 4.69) is 121 Å². The Hall–Kier alpha value is -5.34. The molecule has 6 aromatic carbocycles. The van der Waals surface area contributed by atoms with Gasteiger partial charge in [0, 0.05) is 11.4 Å². The second-order valence-corrected chi connectivity index (χ2v) is 9.90. The van der Waals surface area contributed by atoms with Crippen LogP contribution in [0.1, 0.15) is 22.3 Å². The summed E-state index contributed by atoms with van der Waals surface area (Å²) in [5, 5.41) is 0. The lowest BCUT2D eigenvalue weighted by Crippen LogP contribution is -1.99. The number of nitrogen functional groups attached to an aromatic ring is 2. The lowest BCUT2D eigenvalue weighted by molar-refractivity contribution is 1.49. The van der Waals surface area contributed by atoms with E-state index in [4.69, 9.17) is 11.5 Å². The standard InChI is InChI=1S/C38H30N2/c39-35-20-10-18-30(25-35)32-22-33(31-19-11-21-36(40)26-31)24-34(23-32)38(29-16-8-3-9-17-29)37(27-12-4-1-5-13-27)28-14-6-2-7-15-28/h1-26H,39-40H2. The van der Waals surface area contributed by atoms with Gasteiger partial charge in [-0.15, -0.1) is 0 Å². The van der Waals surface area contributed by atoms with Gasteiger partial charge in [0.1, 0.15) is 0 Å². The highest BCUT2D eigenvalue weighted by atomic mass is 14.5. The fourth-order valence-electron chi connectivity index (χ4n) is 5.27. The van der Waals surface area contributed by atoms with E-state index in [9.17, 15) is 0 Å². The number of nitrogens with two attached hydrogens (primary N) is 2. The largest absolute Gasteiger partial charge is 0.399 e. The molecule has 6 aromatic rings. The van der Waals surface area contributed by atoms with Crippen molar-refractivity contribution in [2.75, 3.05) is 11.5 Å². The van der Waals surface area contributed by atoms with Crippen molar-refractivity contribution in [2.24, 2.45) is 0 Å². The van der Waals surface area contributed by atoms with Gasteiger partial charge in [0.05, 0.1) is 0 Å². The third-order valence-electron chi connectivity index (χ3n) is 7.10. The van der Waals surface area contributed by atoms with Gasteiger partial charge in [-0.05, 0) is 98.1 Å². The molecule has 0 heterocycles. The summed E-state index contributed by atoms with van der Waals surface area (Å²) in [5.74, 6) is 0. The van der Waals surface area contributed by atoms with Crippen LogP contribution in [0.25, 0.3) is 33.4 Å². The zero-order chi connectivity index (χ0) is 27.3. The molecule has 0 saturated carbocycles. The third kappa shape index (κ3) is 5.29. The first kappa shape index (κ1) is 25.0. The van der Waals surface area contributed by atoms with Crippen molar-refractivity contribution >= 4 is 22.5 Å². The number of anilines is 2. The Balaban J connectivity index is 1.72. The molecule has 0 aliphatic heterocycles. The van der Waals surface area contributed by atoms with E-state index in [-0.39, 0.29) is 0 Å². The zero-order valence-corrected chi connectivity index (χ0v) is 22.2. The van der Waals surface area contributed by atoms with Crippen molar-refractivity contribution in [1.82, 2.24) is 0 Å².